The van der Waals surface area contributed by atoms with E-state index in [0.717, 1.165) is 23.4 Å². The molecule has 0 atom stereocenters. The molecule has 3 heterocycles. The van der Waals surface area contributed by atoms with Gasteiger partial charge in [0.1, 0.15) is 5.52 Å². The smallest absolute Gasteiger partial charge is 0.231 e. The number of nitrogens with one attached hydrogen (secondary N) is 1. The zero-order chi connectivity index (χ0) is 15.7. The molecule has 3 aromatic rings. The lowest BCUT2D eigenvalue weighted by molar-refractivity contribution is 0.0991. The molecule has 0 saturated carbocycles. The van der Waals surface area contributed by atoms with Crippen LogP contribution in [0.2, 0.25) is 0 Å². The number of fused-ring (bicyclic) bond motifs is 1. The number of Topliss-reactive ketones (excluding diaryl/α,β-unsaturated/α-hetero) is 1. The van der Waals surface area contributed by atoms with E-state index in [9.17, 15) is 4.79 Å². The summed E-state index contributed by atoms with van der Waals surface area (Å²) < 4.78 is 1.95. The van der Waals surface area contributed by atoms with Crippen molar-refractivity contribution in [2.75, 3.05) is 5.32 Å². The molecule has 0 amide bonds. The molecule has 0 fully saturated rings. The van der Waals surface area contributed by atoms with Gasteiger partial charge in [0, 0.05) is 13.0 Å². The lowest BCUT2D eigenvalue weighted by Gasteiger charge is -2.02. The fourth-order valence-electron chi connectivity index (χ4n) is 2.11. The molecule has 1 N–H and O–H groups in total. The average Bonchev–Trinajstić information content (AvgIpc) is 3.09. The number of aromatic nitrogens is 5. The normalized spacial score (nSPS) is 11.0. The number of nitrogens with zero attached hydrogens (tertiary/aromatic N) is 5. The molecule has 3 rings (SSSR count). The highest BCUT2D eigenvalue weighted by Crippen LogP contribution is 2.26. The summed E-state index contributed by atoms with van der Waals surface area (Å²) in [4.78, 5) is 29.8. The molecule has 114 valence electrons. The van der Waals surface area contributed by atoms with Gasteiger partial charge in [0.15, 0.2) is 16.6 Å². The summed E-state index contributed by atoms with van der Waals surface area (Å²) >= 11 is 1.33. The van der Waals surface area contributed by atoms with Crippen LogP contribution in [0.3, 0.4) is 0 Å². The molecule has 0 radical (unpaired) electrons. The molecule has 3 aromatic heterocycles. The number of aryl methyl sites for hydroxylation is 2. The largest absolute Gasteiger partial charge is 0.315 e. The molecule has 0 unspecified atom stereocenters. The number of imidazole rings is 1. The summed E-state index contributed by atoms with van der Waals surface area (Å²) in [6, 6.07) is 0. The van der Waals surface area contributed by atoms with Crippen molar-refractivity contribution in [1.29, 1.82) is 0 Å². The van der Waals surface area contributed by atoms with E-state index in [1.54, 1.807) is 12.5 Å². The number of carbonyl (C=O) groups excluding carboxylic acids is 1. The third-order valence-corrected chi connectivity index (χ3v) is 4.40. The molecular weight excluding hydrogens is 300 g/mol. The summed E-state index contributed by atoms with van der Waals surface area (Å²) in [5.41, 5.74) is 2.27. The van der Waals surface area contributed by atoms with Gasteiger partial charge in [0.2, 0.25) is 5.95 Å². The van der Waals surface area contributed by atoms with Crippen molar-refractivity contribution in [2.24, 2.45) is 0 Å². The highest BCUT2D eigenvalue weighted by molar-refractivity contribution is 7.17. The van der Waals surface area contributed by atoms with Gasteiger partial charge in [0.05, 0.1) is 23.1 Å². The monoisotopic (exact) mass is 316 g/mol. The molecule has 7 nitrogen and oxygen atoms in total. The van der Waals surface area contributed by atoms with Gasteiger partial charge < -0.3 is 4.57 Å². The topological polar surface area (TPSA) is 85.6 Å². The Hall–Kier alpha value is -2.35. The Kier molecular flexibility index (Phi) is 3.84. The second-order valence-corrected chi connectivity index (χ2v) is 5.77. The predicted molar refractivity (Wildman–Crippen MR) is 85.8 cm³/mol. The van der Waals surface area contributed by atoms with Gasteiger partial charge in [-0.05, 0) is 13.8 Å². The minimum Gasteiger partial charge on any atom is -0.315 e. The van der Waals surface area contributed by atoms with E-state index < -0.39 is 0 Å². The number of anilines is 2. The summed E-state index contributed by atoms with van der Waals surface area (Å²) in [6.07, 6.45) is 3.89. The van der Waals surface area contributed by atoms with Crippen molar-refractivity contribution in [3.05, 3.63) is 23.1 Å². The van der Waals surface area contributed by atoms with E-state index in [4.69, 9.17) is 0 Å². The molecule has 0 saturated heterocycles. The molecule has 0 aliphatic heterocycles. The zero-order valence-electron chi connectivity index (χ0n) is 12.6. The third-order valence-electron chi connectivity index (χ3n) is 3.29. The number of hydrogen-bond donors (Lipinski definition) is 1. The second kappa shape index (κ2) is 5.80. The number of carbonyl (C=O) groups is 1. The quantitative estimate of drug-likeness (QED) is 0.728. The minimum absolute atomic E-state index is 0.100. The van der Waals surface area contributed by atoms with Crippen LogP contribution in [0.4, 0.5) is 11.1 Å². The predicted octanol–water partition coefficient (Wildman–Crippen LogP) is 2.95. The van der Waals surface area contributed by atoms with Crippen molar-refractivity contribution in [3.63, 3.8) is 0 Å². The molecule has 0 spiro atoms. The summed E-state index contributed by atoms with van der Waals surface area (Å²) in [5, 5.41) is 3.69. The van der Waals surface area contributed by atoms with Crippen LogP contribution in [-0.2, 0) is 6.54 Å². The first-order valence-electron chi connectivity index (χ1n) is 7.07. The maximum atomic E-state index is 11.8. The molecular formula is C14H16N6OS. The van der Waals surface area contributed by atoms with Crippen molar-refractivity contribution in [2.45, 2.75) is 33.7 Å². The van der Waals surface area contributed by atoms with Gasteiger partial charge in [-0.25, -0.2) is 15.0 Å². The average molecular weight is 316 g/mol. The standard InChI is InChI=1S/C14H16N6OS/c1-4-10(21)11-8(3)17-14(22-11)19-13-15-6-9-12(18-13)20(5-2)7-16-9/h6-7H,4-5H2,1-3H3,(H,15,17,18,19). The molecule has 22 heavy (non-hydrogen) atoms. The van der Waals surface area contributed by atoms with Crippen LogP contribution in [0, 0.1) is 6.92 Å². The Morgan fingerprint density at radius 3 is 2.86 bits per heavy atom. The SMILES string of the molecule is CCC(=O)c1sc(Nc2ncc3ncn(CC)c3n2)nc1C. The highest BCUT2D eigenvalue weighted by atomic mass is 32.1. The van der Waals surface area contributed by atoms with Crippen LogP contribution in [0.15, 0.2) is 12.5 Å². The van der Waals surface area contributed by atoms with Gasteiger partial charge in [-0.1, -0.05) is 18.3 Å². The molecule has 0 aliphatic rings. The van der Waals surface area contributed by atoms with Crippen LogP contribution >= 0.6 is 11.3 Å². The molecule has 8 heteroatoms. The Morgan fingerprint density at radius 1 is 1.32 bits per heavy atom. The summed E-state index contributed by atoms with van der Waals surface area (Å²) in [6.45, 7) is 6.50. The van der Waals surface area contributed by atoms with Gasteiger partial charge >= 0.3 is 0 Å². The van der Waals surface area contributed by atoms with Crippen LogP contribution in [0.5, 0.6) is 0 Å². The van der Waals surface area contributed by atoms with Crippen molar-refractivity contribution in [1.82, 2.24) is 24.5 Å². The lowest BCUT2D eigenvalue weighted by atomic mass is 10.2. The molecule has 0 bridgehead atoms. The first-order chi connectivity index (χ1) is 10.6. The van der Waals surface area contributed by atoms with E-state index in [1.807, 2.05) is 25.3 Å². The van der Waals surface area contributed by atoms with E-state index in [0.29, 0.717) is 22.4 Å². The number of thiazole rings is 1. The maximum Gasteiger partial charge on any atom is 0.231 e. The van der Waals surface area contributed by atoms with Gasteiger partial charge in [-0.3, -0.25) is 10.1 Å². The first kappa shape index (κ1) is 14.6. The van der Waals surface area contributed by atoms with E-state index in [-0.39, 0.29) is 5.78 Å². The fourth-order valence-corrected chi connectivity index (χ4v) is 3.08. The molecule has 0 aromatic carbocycles. The number of rotatable bonds is 5. The number of ketones is 1. The van der Waals surface area contributed by atoms with Crippen molar-refractivity contribution >= 4 is 39.4 Å². The first-order valence-corrected chi connectivity index (χ1v) is 7.89. The van der Waals surface area contributed by atoms with E-state index in [2.05, 4.69) is 25.3 Å². The van der Waals surface area contributed by atoms with Crippen molar-refractivity contribution < 1.29 is 4.79 Å². The van der Waals surface area contributed by atoms with Crippen LogP contribution in [0.1, 0.15) is 35.6 Å². The van der Waals surface area contributed by atoms with Gasteiger partial charge in [-0.2, -0.15) is 4.98 Å². The highest BCUT2D eigenvalue weighted by Gasteiger charge is 2.14. The van der Waals surface area contributed by atoms with Gasteiger partial charge in [-0.15, -0.1) is 0 Å². The van der Waals surface area contributed by atoms with E-state index >= 15 is 0 Å². The summed E-state index contributed by atoms with van der Waals surface area (Å²) in [5.74, 6) is 0.551. The Bertz CT molecular complexity index is 837. The van der Waals surface area contributed by atoms with Crippen LogP contribution in [0.25, 0.3) is 11.2 Å². The van der Waals surface area contributed by atoms with Crippen molar-refractivity contribution in [3.8, 4) is 0 Å². The lowest BCUT2D eigenvalue weighted by Crippen LogP contribution is -1.99. The zero-order valence-corrected chi connectivity index (χ0v) is 13.4. The van der Waals surface area contributed by atoms with E-state index in [1.165, 1.54) is 11.3 Å². The Labute approximate surface area is 131 Å². The maximum absolute atomic E-state index is 11.8. The van der Waals surface area contributed by atoms with Gasteiger partial charge in [0.25, 0.3) is 0 Å². The Balaban J connectivity index is 1.91. The summed E-state index contributed by atoms with van der Waals surface area (Å²) in [7, 11) is 0. The fraction of sp³-hybridized carbons (Fsp3) is 0.357. The van der Waals surface area contributed by atoms with Crippen LogP contribution < -0.4 is 5.32 Å². The Morgan fingerprint density at radius 2 is 2.14 bits per heavy atom. The van der Waals surface area contributed by atoms with Crippen LogP contribution in [-0.4, -0.2) is 30.3 Å². The second-order valence-electron chi connectivity index (χ2n) is 4.77. The molecule has 0 aliphatic carbocycles. The number of hydrogen-bond acceptors (Lipinski definition) is 7. The minimum atomic E-state index is 0.100. The third kappa shape index (κ3) is 2.57.